The van der Waals surface area contributed by atoms with E-state index in [9.17, 15) is 5.11 Å². The van der Waals surface area contributed by atoms with Crippen LogP contribution in [-0.4, -0.2) is 16.3 Å². The standard InChI is InChI=1S/C22H18N2O2/c1-14-6-11-20-19(12-14)24-22(26-20)16-7-9-18(10-8-16)23-13-17-5-3-4-15(2)21(17)25/h3-13,25H,1-2H3. The number of aryl methyl sites for hydroxylation is 2. The third-order valence-corrected chi connectivity index (χ3v) is 4.28. The zero-order chi connectivity index (χ0) is 18.1. The number of benzene rings is 3. The van der Waals surface area contributed by atoms with Crippen LogP contribution in [-0.2, 0) is 0 Å². The summed E-state index contributed by atoms with van der Waals surface area (Å²) in [5.41, 5.74) is 6.01. The highest BCUT2D eigenvalue weighted by molar-refractivity contribution is 5.86. The monoisotopic (exact) mass is 342 g/mol. The Morgan fingerprint density at radius 2 is 1.81 bits per heavy atom. The number of hydrogen-bond acceptors (Lipinski definition) is 4. The van der Waals surface area contributed by atoms with Crippen LogP contribution in [0.25, 0.3) is 22.6 Å². The van der Waals surface area contributed by atoms with Crippen LogP contribution in [0.5, 0.6) is 5.75 Å². The summed E-state index contributed by atoms with van der Waals surface area (Å²) in [6.07, 6.45) is 1.67. The summed E-state index contributed by atoms with van der Waals surface area (Å²) in [6.45, 7) is 3.90. The van der Waals surface area contributed by atoms with E-state index >= 15 is 0 Å². The van der Waals surface area contributed by atoms with Crippen molar-refractivity contribution >= 4 is 23.0 Å². The van der Waals surface area contributed by atoms with Crippen LogP contribution in [0.2, 0.25) is 0 Å². The summed E-state index contributed by atoms with van der Waals surface area (Å²) in [5.74, 6) is 0.854. The van der Waals surface area contributed by atoms with Crippen LogP contribution >= 0.6 is 0 Å². The normalized spacial score (nSPS) is 11.5. The quantitative estimate of drug-likeness (QED) is 0.495. The van der Waals surface area contributed by atoms with Crippen LogP contribution in [0.15, 0.2) is 70.1 Å². The zero-order valence-corrected chi connectivity index (χ0v) is 14.6. The van der Waals surface area contributed by atoms with Crippen molar-refractivity contribution in [3.63, 3.8) is 0 Å². The Labute approximate surface area is 151 Å². The molecule has 0 aliphatic rings. The Morgan fingerprint density at radius 1 is 1.00 bits per heavy atom. The van der Waals surface area contributed by atoms with Crippen molar-refractivity contribution in [3.05, 3.63) is 77.4 Å². The molecule has 4 nitrogen and oxygen atoms in total. The van der Waals surface area contributed by atoms with Gasteiger partial charge in [0, 0.05) is 17.3 Å². The molecule has 3 aromatic carbocycles. The van der Waals surface area contributed by atoms with E-state index < -0.39 is 0 Å². The van der Waals surface area contributed by atoms with Crippen LogP contribution < -0.4 is 0 Å². The highest BCUT2D eigenvalue weighted by Gasteiger charge is 2.08. The third-order valence-electron chi connectivity index (χ3n) is 4.28. The summed E-state index contributed by atoms with van der Waals surface area (Å²) in [6, 6.07) is 19.2. The van der Waals surface area contributed by atoms with Crippen molar-refractivity contribution in [2.75, 3.05) is 0 Å². The number of aromatic hydroxyl groups is 1. The van der Waals surface area contributed by atoms with E-state index in [2.05, 4.69) is 9.98 Å². The first-order valence-electron chi connectivity index (χ1n) is 8.40. The topological polar surface area (TPSA) is 58.6 Å². The first-order valence-corrected chi connectivity index (χ1v) is 8.40. The fourth-order valence-corrected chi connectivity index (χ4v) is 2.78. The van der Waals surface area contributed by atoms with Crippen LogP contribution in [0.1, 0.15) is 16.7 Å². The maximum atomic E-state index is 10.0. The van der Waals surface area contributed by atoms with Gasteiger partial charge in [-0.1, -0.05) is 18.2 Å². The average molecular weight is 342 g/mol. The largest absolute Gasteiger partial charge is 0.507 e. The Balaban J connectivity index is 1.59. The van der Waals surface area contributed by atoms with Gasteiger partial charge in [-0.2, -0.15) is 0 Å². The average Bonchev–Trinajstić information content (AvgIpc) is 3.06. The van der Waals surface area contributed by atoms with E-state index in [1.807, 2.05) is 74.5 Å². The van der Waals surface area contributed by atoms with Gasteiger partial charge in [-0.05, 0) is 67.4 Å². The minimum Gasteiger partial charge on any atom is -0.507 e. The molecule has 0 unspecified atom stereocenters. The number of phenolic OH excluding ortho intramolecular Hbond substituents is 1. The van der Waals surface area contributed by atoms with Crippen molar-refractivity contribution in [2.24, 2.45) is 4.99 Å². The number of fused-ring (bicyclic) bond motifs is 1. The number of nitrogens with zero attached hydrogens (tertiary/aromatic N) is 2. The van der Waals surface area contributed by atoms with Crippen molar-refractivity contribution in [3.8, 4) is 17.2 Å². The molecule has 1 aromatic heterocycles. The van der Waals surface area contributed by atoms with Crippen molar-refractivity contribution < 1.29 is 9.52 Å². The van der Waals surface area contributed by atoms with Crippen molar-refractivity contribution in [2.45, 2.75) is 13.8 Å². The Morgan fingerprint density at radius 3 is 2.62 bits per heavy atom. The molecule has 0 aliphatic carbocycles. The summed E-state index contributed by atoms with van der Waals surface area (Å²) in [5, 5.41) is 10.0. The van der Waals surface area contributed by atoms with Gasteiger partial charge in [-0.25, -0.2) is 4.98 Å². The molecule has 128 valence electrons. The van der Waals surface area contributed by atoms with E-state index in [0.717, 1.165) is 33.5 Å². The molecule has 0 saturated carbocycles. The molecule has 0 aliphatic heterocycles. The van der Waals surface area contributed by atoms with Gasteiger partial charge >= 0.3 is 0 Å². The molecule has 0 amide bonds. The molecule has 26 heavy (non-hydrogen) atoms. The van der Waals surface area contributed by atoms with Gasteiger partial charge in [0.2, 0.25) is 5.89 Å². The van der Waals surface area contributed by atoms with E-state index in [1.54, 1.807) is 6.21 Å². The molecule has 0 fully saturated rings. The van der Waals surface area contributed by atoms with Crippen molar-refractivity contribution in [1.29, 1.82) is 0 Å². The Kier molecular flexibility index (Phi) is 4.01. The summed E-state index contributed by atoms with van der Waals surface area (Å²) in [4.78, 5) is 8.98. The second kappa shape index (κ2) is 6.48. The number of aromatic nitrogens is 1. The summed E-state index contributed by atoms with van der Waals surface area (Å²) >= 11 is 0. The highest BCUT2D eigenvalue weighted by atomic mass is 16.3. The van der Waals surface area contributed by atoms with Gasteiger partial charge < -0.3 is 9.52 Å². The second-order valence-corrected chi connectivity index (χ2v) is 6.31. The number of aliphatic imine (C=N–C) groups is 1. The fraction of sp³-hybridized carbons (Fsp3) is 0.0909. The molecule has 0 saturated heterocycles. The van der Waals surface area contributed by atoms with Gasteiger partial charge in [0.15, 0.2) is 5.58 Å². The van der Waals surface area contributed by atoms with Crippen LogP contribution in [0.4, 0.5) is 5.69 Å². The minimum atomic E-state index is 0.259. The predicted molar refractivity (Wildman–Crippen MR) is 104 cm³/mol. The Bertz CT molecular complexity index is 1110. The van der Waals surface area contributed by atoms with Gasteiger partial charge in [-0.15, -0.1) is 0 Å². The molecule has 0 spiro atoms. The SMILES string of the molecule is Cc1ccc2oc(-c3ccc(N=Cc4cccc(C)c4O)cc3)nc2c1. The van der Waals surface area contributed by atoms with Gasteiger partial charge in [0.1, 0.15) is 11.3 Å². The van der Waals surface area contributed by atoms with E-state index in [0.29, 0.717) is 11.5 Å². The predicted octanol–water partition coefficient (Wildman–Crippen LogP) is 5.57. The van der Waals surface area contributed by atoms with Gasteiger partial charge in [-0.3, -0.25) is 4.99 Å². The lowest BCUT2D eigenvalue weighted by Crippen LogP contribution is -1.84. The molecule has 1 N–H and O–H groups in total. The maximum absolute atomic E-state index is 10.0. The van der Waals surface area contributed by atoms with Crippen LogP contribution in [0, 0.1) is 13.8 Å². The summed E-state index contributed by atoms with van der Waals surface area (Å²) < 4.78 is 5.82. The van der Waals surface area contributed by atoms with E-state index in [-0.39, 0.29) is 5.75 Å². The van der Waals surface area contributed by atoms with Crippen molar-refractivity contribution in [1.82, 2.24) is 4.98 Å². The Hall–Kier alpha value is -3.40. The first-order chi connectivity index (χ1) is 12.6. The number of para-hydroxylation sites is 1. The maximum Gasteiger partial charge on any atom is 0.227 e. The van der Waals surface area contributed by atoms with E-state index in [4.69, 9.17) is 4.42 Å². The van der Waals surface area contributed by atoms with Crippen LogP contribution in [0.3, 0.4) is 0 Å². The molecule has 0 radical (unpaired) electrons. The number of phenols is 1. The first kappa shape index (κ1) is 16.1. The van der Waals surface area contributed by atoms with E-state index in [1.165, 1.54) is 0 Å². The minimum absolute atomic E-state index is 0.259. The van der Waals surface area contributed by atoms with Gasteiger partial charge in [0.05, 0.1) is 5.69 Å². The van der Waals surface area contributed by atoms with Gasteiger partial charge in [0.25, 0.3) is 0 Å². The molecule has 4 rings (SSSR count). The molecule has 1 heterocycles. The number of rotatable bonds is 3. The zero-order valence-electron chi connectivity index (χ0n) is 14.6. The third kappa shape index (κ3) is 3.09. The molecule has 4 aromatic rings. The second-order valence-electron chi connectivity index (χ2n) is 6.31. The lowest BCUT2D eigenvalue weighted by atomic mass is 10.1. The molecule has 4 heteroatoms. The molecular formula is C22H18N2O2. The molecule has 0 atom stereocenters. The lowest BCUT2D eigenvalue weighted by molar-refractivity contribution is 0.470. The molecular weight excluding hydrogens is 324 g/mol. The summed E-state index contributed by atoms with van der Waals surface area (Å²) in [7, 11) is 0. The number of oxazole rings is 1. The smallest absolute Gasteiger partial charge is 0.227 e. The fourth-order valence-electron chi connectivity index (χ4n) is 2.78. The number of hydrogen-bond donors (Lipinski definition) is 1. The molecule has 0 bridgehead atoms. The lowest BCUT2D eigenvalue weighted by Gasteiger charge is -2.02. The highest BCUT2D eigenvalue weighted by Crippen LogP contribution is 2.27.